The molecule has 0 amide bonds. The van der Waals surface area contributed by atoms with Crippen LogP contribution >= 0.6 is 0 Å². The molecule has 2 aliphatic heterocycles. The summed E-state index contributed by atoms with van der Waals surface area (Å²) in [6, 6.07) is 2.52. The van der Waals surface area contributed by atoms with Gasteiger partial charge in [-0.05, 0) is 12.5 Å². The molecule has 0 aliphatic carbocycles. The molecule has 0 aromatic carbocycles. The number of hydrogen-bond donors (Lipinski definition) is 1. The lowest BCUT2D eigenvalue weighted by molar-refractivity contribution is 0.0177. The van der Waals surface area contributed by atoms with Gasteiger partial charge in [-0.3, -0.25) is 9.58 Å². The molecule has 1 aromatic rings. The Balaban J connectivity index is 1.41. The van der Waals surface area contributed by atoms with Gasteiger partial charge in [0.15, 0.2) is 0 Å². The largest absolute Gasteiger partial charge is 0.374 e. The van der Waals surface area contributed by atoms with Gasteiger partial charge in [0.2, 0.25) is 0 Å². The van der Waals surface area contributed by atoms with Crippen LogP contribution < -0.4 is 5.32 Å². The molecule has 94 valence electrons. The van der Waals surface area contributed by atoms with Crippen molar-refractivity contribution in [3.8, 4) is 0 Å². The fourth-order valence-electron chi connectivity index (χ4n) is 2.74. The Morgan fingerprint density at radius 1 is 1.35 bits per heavy atom. The molecule has 1 N–H and O–H groups in total. The summed E-state index contributed by atoms with van der Waals surface area (Å²) in [5.74, 6) is 0. The molecule has 0 spiro atoms. The smallest absolute Gasteiger partial charge is 0.0867 e. The van der Waals surface area contributed by atoms with Crippen molar-refractivity contribution in [2.24, 2.45) is 0 Å². The Kier molecular flexibility index (Phi) is 3.40. The number of fused-ring (bicyclic) bond motifs is 1. The molecular weight excluding hydrogens is 216 g/mol. The Bertz CT molecular complexity index is 326. The van der Waals surface area contributed by atoms with E-state index in [1.54, 1.807) is 0 Å². The summed E-state index contributed by atoms with van der Waals surface area (Å²) in [5.41, 5.74) is 0. The summed E-state index contributed by atoms with van der Waals surface area (Å²) >= 11 is 0. The zero-order valence-corrected chi connectivity index (χ0v) is 10.1. The number of likely N-dealkylation sites (tertiary alicyclic amines) is 1. The van der Waals surface area contributed by atoms with Gasteiger partial charge in [0, 0.05) is 51.2 Å². The third-order valence-corrected chi connectivity index (χ3v) is 3.60. The Hall–Kier alpha value is -0.910. The minimum atomic E-state index is 0.411. The molecule has 0 bridgehead atoms. The van der Waals surface area contributed by atoms with Crippen LogP contribution in [0.3, 0.4) is 0 Å². The molecule has 0 saturated carbocycles. The van der Waals surface area contributed by atoms with E-state index >= 15 is 0 Å². The van der Waals surface area contributed by atoms with Crippen LogP contribution in [-0.2, 0) is 11.3 Å². The van der Waals surface area contributed by atoms with E-state index in [-0.39, 0.29) is 0 Å². The molecule has 17 heavy (non-hydrogen) atoms. The summed E-state index contributed by atoms with van der Waals surface area (Å²) in [6.07, 6.45) is 5.42. The number of ether oxygens (including phenoxy) is 1. The predicted molar refractivity (Wildman–Crippen MR) is 64.8 cm³/mol. The highest BCUT2D eigenvalue weighted by molar-refractivity contribution is 4.92. The van der Waals surface area contributed by atoms with Gasteiger partial charge in [0.25, 0.3) is 0 Å². The lowest BCUT2D eigenvalue weighted by atomic mass is 10.2. The predicted octanol–water partition coefficient (Wildman–Crippen LogP) is -0.0542. The Morgan fingerprint density at radius 3 is 3.18 bits per heavy atom. The van der Waals surface area contributed by atoms with Gasteiger partial charge in [-0.15, -0.1) is 0 Å². The summed E-state index contributed by atoms with van der Waals surface area (Å²) in [6.45, 7) is 6.22. The second-order valence-corrected chi connectivity index (χ2v) is 4.85. The monoisotopic (exact) mass is 236 g/mol. The number of hydrogen-bond acceptors (Lipinski definition) is 4. The quantitative estimate of drug-likeness (QED) is 0.795. The fourth-order valence-corrected chi connectivity index (χ4v) is 2.74. The molecule has 2 saturated heterocycles. The van der Waals surface area contributed by atoms with E-state index in [1.165, 1.54) is 0 Å². The van der Waals surface area contributed by atoms with E-state index in [4.69, 9.17) is 4.74 Å². The molecule has 2 fully saturated rings. The topological polar surface area (TPSA) is 42.3 Å². The van der Waals surface area contributed by atoms with Gasteiger partial charge in [-0.2, -0.15) is 5.10 Å². The molecule has 5 heteroatoms. The highest BCUT2D eigenvalue weighted by atomic mass is 16.5. The second-order valence-electron chi connectivity index (χ2n) is 4.85. The molecule has 0 radical (unpaired) electrons. The first-order chi connectivity index (χ1) is 8.42. The number of rotatable bonds is 4. The first kappa shape index (κ1) is 11.2. The van der Waals surface area contributed by atoms with Gasteiger partial charge in [-0.1, -0.05) is 0 Å². The van der Waals surface area contributed by atoms with E-state index in [0.717, 1.165) is 45.8 Å². The van der Waals surface area contributed by atoms with E-state index in [2.05, 4.69) is 15.3 Å². The second kappa shape index (κ2) is 5.16. The molecule has 1 aromatic heterocycles. The van der Waals surface area contributed by atoms with Gasteiger partial charge < -0.3 is 10.1 Å². The van der Waals surface area contributed by atoms with Crippen molar-refractivity contribution in [3.63, 3.8) is 0 Å². The van der Waals surface area contributed by atoms with Gasteiger partial charge in [0.1, 0.15) is 0 Å². The lowest BCUT2D eigenvalue weighted by Crippen LogP contribution is -2.47. The van der Waals surface area contributed by atoms with E-state index in [9.17, 15) is 0 Å². The number of nitrogens with one attached hydrogen (secondary N) is 1. The van der Waals surface area contributed by atoms with Crippen LogP contribution in [0.15, 0.2) is 18.5 Å². The van der Waals surface area contributed by atoms with Crippen LogP contribution in [-0.4, -0.2) is 59.6 Å². The summed E-state index contributed by atoms with van der Waals surface area (Å²) in [7, 11) is 0. The third-order valence-electron chi connectivity index (χ3n) is 3.60. The van der Waals surface area contributed by atoms with E-state index in [0.29, 0.717) is 12.1 Å². The van der Waals surface area contributed by atoms with Crippen molar-refractivity contribution in [1.82, 2.24) is 20.0 Å². The lowest BCUT2D eigenvalue weighted by Gasteiger charge is -2.25. The van der Waals surface area contributed by atoms with Gasteiger partial charge >= 0.3 is 0 Å². The van der Waals surface area contributed by atoms with Crippen LogP contribution in [0.25, 0.3) is 0 Å². The first-order valence-corrected chi connectivity index (χ1v) is 6.46. The van der Waals surface area contributed by atoms with Crippen LogP contribution in [0.5, 0.6) is 0 Å². The van der Waals surface area contributed by atoms with Crippen LogP contribution in [0.2, 0.25) is 0 Å². The number of aromatic nitrogens is 2. The van der Waals surface area contributed by atoms with Gasteiger partial charge in [-0.25, -0.2) is 0 Å². The van der Waals surface area contributed by atoms with E-state index in [1.807, 2.05) is 23.1 Å². The maximum Gasteiger partial charge on any atom is 0.0867 e. The van der Waals surface area contributed by atoms with Crippen LogP contribution in [0, 0.1) is 0 Å². The van der Waals surface area contributed by atoms with Gasteiger partial charge in [0.05, 0.1) is 12.7 Å². The zero-order chi connectivity index (χ0) is 11.5. The van der Waals surface area contributed by atoms with Crippen molar-refractivity contribution in [1.29, 1.82) is 0 Å². The minimum absolute atomic E-state index is 0.411. The maximum atomic E-state index is 5.76. The number of nitrogens with zero attached hydrogens (tertiary/aromatic N) is 3. The summed E-state index contributed by atoms with van der Waals surface area (Å²) in [4.78, 5) is 2.50. The van der Waals surface area contributed by atoms with Crippen molar-refractivity contribution in [2.75, 3.05) is 32.8 Å². The number of morpholine rings is 1. The molecule has 2 aliphatic rings. The fraction of sp³-hybridized carbons (Fsp3) is 0.750. The SMILES string of the molecule is c1cnn(CCCN2C[C@@H]3NCCO[C@H]3C2)c1. The molecule has 0 unspecified atom stereocenters. The van der Waals surface area contributed by atoms with Crippen molar-refractivity contribution >= 4 is 0 Å². The minimum Gasteiger partial charge on any atom is -0.374 e. The van der Waals surface area contributed by atoms with Crippen LogP contribution in [0.1, 0.15) is 6.42 Å². The highest BCUT2D eigenvalue weighted by Gasteiger charge is 2.34. The number of aryl methyl sites for hydroxylation is 1. The average molecular weight is 236 g/mol. The molecule has 3 rings (SSSR count). The molecule has 5 nitrogen and oxygen atoms in total. The third kappa shape index (κ3) is 2.68. The molecule has 3 heterocycles. The Labute approximate surface area is 102 Å². The average Bonchev–Trinajstić information content (AvgIpc) is 2.96. The summed E-state index contributed by atoms with van der Waals surface area (Å²) < 4.78 is 7.76. The zero-order valence-electron chi connectivity index (χ0n) is 10.1. The molecule has 2 atom stereocenters. The first-order valence-electron chi connectivity index (χ1n) is 6.46. The summed E-state index contributed by atoms with van der Waals surface area (Å²) in [5, 5.41) is 7.74. The van der Waals surface area contributed by atoms with Crippen molar-refractivity contribution in [2.45, 2.75) is 25.1 Å². The normalized spacial score (nSPS) is 29.4. The van der Waals surface area contributed by atoms with Crippen molar-refractivity contribution in [3.05, 3.63) is 18.5 Å². The maximum absolute atomic E-state index is 5.76. The Morgan fingerprint density at radius 2 is 2.35 bits per heavy atom. The highest BCUT2D eigenvalue weighted by Crippen LogP contribution is 2.16. The van der Waals surface area contributed by atoms with Crippen molar-refractivity contribution < 1.29 is 4.74 Å². The molecular formula is C12H20N4O. The van der Waals surface area contributed by atoms with Crippen LogP contribution in [0.4, 0.5) is 0 Å². The van der Waals surface area contributed by atoms with E-state index < -0.39 is 0 Å². The standard InChI is InChI=1S/C12H20N4O/c1-3-14-16(6-1)7-2-5-15-9-11-12(10-15)17-8-4-13-11/h1,3,6,11-13H,2,4-5,7-10H2/t11-,12-/m0/s1.